The molecule has 26 heavy (non-hydrogen) atoms. The van der Waals surface area contributed by atoms with Crippen LogP contribution < -0.4 is 31.5 Å². The van der Waals surface area contributed by atoms with Gasteiger partial charge < -0.3 is 20.2 Å². The Hall–Kier alpha value is -2.15. The van der Waals surface area contributed by atoms with E-state index in [1.165, 1.54) is 19.2 Å². The van der Waals surface area contributed by atoms with Crippen LogP contribution >= 0.6 is 0 Å². The summed E-state index contributed by atoms with van der Waals surface area (Å²) in [4.78, 5) is 16.7. The van der Waals surface area contributed by atoms with E-state index in [4.69, 9.17) is 4.84 Å². The molecule has 0 spiro atoms. The first kappa shape index (κ1) is 20.2. The Balaban J connectivity index is 1.88. The highest BCUT2D eigenvalue weighted by Gasteiger charge is 2.35. The molecule has 0 aliphatic carbocycles. The molecule has 1 saturated heterocycles. The zero-order chi connectivity index (χ0) is 19.3. The Kier molecular flexibility index (Phi) is 6.58. The molecule has 1 aromatic carbocycles. The molecule has 0 aromatic heterocycles. The average Bonchev–Trinajstić information content (AvgIpc) is 2.53. The largest absolute Gasteiger partial charge is 0.573 e. The van der Waals surface area contributed by atoms with Crippen molar-refractivity contribution in [2.45, 2.75) is 38.0 Å². The SMILES string of the molecule is CONC1NC(NC(=O)Nc2ccc(OC(F)(F)F)cc2)NC(C)C1F. The predicted molar refractivity (Wildman–Crippen MR) is 83.6 cm³/mol. The first-order chi connectivity index (χ1) is 12.2. The van der Waals surface area contributed by atoms with Gasteiger partial charge in [0.05, 0.1) is 7.11 Å². The smallest absolute Gasteiger partial charge is 0.406 e. The maximum absolute atomic E-state index is 14.0. The molecule has 1 fully saturated rings. The van der Waals surface area contributed by atoms with Gasteiger partial charge in [0.25, 0.3) is 0 Å². The highest BCUT2D eigenvalue weighted by Crippen LogP contribution is 2.23. The first-order valence-corrected chi connectivity index (χ1v) is 7.56. The third-order valence-corrected chi connectivity index (χ3v) is 3.44. The van der Waals surface area contributed by atoms with Crippen molar-refractivity contribution >= 4 is 11.7 Å². The van der Waals surface area contributed by atoms with Gasteiger partial charge in [-0.15, -0.1) is 13.2 Å². The molecule has 1 heterocycles. The van der Waals surface area contributed by atoms with Crippen LogP contribution in [0.3, 0.4) is 0 Å². The molecule has 2 rings (SSSR count). The van der Waals surface area contributed by atoms with Gasteiger partial charge in [-0.2, -0.15) is 5.48 Å². The Bertz CT molecular complexity index is 601. The normalized spacial score (nSPS) is 26.2. The number of alkyl halides is 4. The predicted octanol–water partition coefficient (Wildman–Crippen LogP) is 1.39. The van der Waals surface area contributed by atoms with Gasteiger partial charge in [0.15, 0.2) is 0 Å². The fourth-order valence-corrected chi connectivity index (χ4v) is 2.31. The molecule has 1 aromatic rings. The molecule has 2 amide bonds. The van der Waals surface area contributed by atoms with Gasteiger partial charge in [0.1, 0.15) is 24.4 Å². The van der Waals surface area contributed by atoms with Gasteiger partial charge in [-0.05, 0) is 31.2 Å². The van der Waals surface area contributed by atoms with E-state index in [0.717, 1.165) is 12.1 Å². The van der Waals surface area contributed by atoms with E-state index in [1.807, 2.05) is 0 Å². The quantitative estimate of drug-likeness (QED) is 0.391. The number of anilines is 1. The van der Waals surface area contributed by atoms with Crippen molar-refractivity contribution in [2.75, 3.05) is 12.4 Å². The number of carbonyl (C=O) groups excluding carboxylic acids is 1. The zero-order valence-corrected chi connectivity index (χ0v) is 13.9. The van der Waals surface area contributed by atoms with Crippen LogP contribution in [-0.2, 0) is 4.84 Å². The number of hydrogen-bond donors (Lipinski definition) is 5. The summed E-state index contributed by atoms with van der Waals surface area (Å²) in [7, 11) is 1.34. The number of amides is 2. The molecule has 4 unspecified atom stereocenters. The number of halogens is 4. The third kappa shape index (κ3) is 5.98. The van der Waals surface area contributed by atoms with Crippen molar-refractivity contribution in [3.05, 3.63) is 24.3 Å². The van der Waals surface area contributed by atoms with E-state index in [0.29, 0.717) is 0 Å². The van der Waals surface area contributed by atoms with Crippen LogP contribution in [0.4, 0.5) is 28.0 Å². The molecule has 0 bridgehead atoms. The van der Waals surface area contributed by atoms with E-state index >= 15 is 0 Å². The lowest BCUT2D eigenvalue weighted by molar-refractivity contribution is -0.274. The van der Waals surface area contributed by atoms with Crippen molar-refractivity contribution < 1.29 is 31.9 Å². The number of rotatable bonds is 5. The molecular weight excluding hydrogens is 362 g/mol. The van der Waals surface area contributed by atoms with E-state index in [-0.39, 0.29) is 5.69 Å². The van der Waals surface area contributed by atoms with Crippen LogP contribution in [0.2, 0.25) is 0 Å². The number of carbonyl (C=O) groups is 1. The molecule has 146 valence electrons. The summed E-state index contributed by atoms with van der Waals surface area (Å²) in [5.41, 5.74) is 2.68. The Labute approximate surface area is 146 Å². The van der Waals surface area contributed by atoms with E-state index in [2.05, 4.69) is 31.5 Å². The van der Waals surface area contributed by atoms with Crippen LogP contribution in [0.15, 0.2) is 24.3 Å². The summed E-state index contributed by atoms with van der Waals surface area (Å²) in [6.45, 7) is 1.60. The van der Waals surface area contributed by atoms with Gasteiger partial charge in [0.2, 0.25) is 0 Å². The van der Waals surface area contributed by atoms with Crippen LogP contribution in [0.25, 0.3) is 0 Å². The fourth-order valence-electron chi connectivity index (χ4n) is 2.31. The summed E-state index contributed by atoms with van der Waals surface area (Å²) in [6.07, 6.45) is -7.71. The summed E-state index contributed by atoms with van der Waals surface area (Å²) < 4.78 is 54.0. The van der Waals surface area contributed by atoms with Crippen LogP contribution in [0.5, 0.6) is 5.75 Å². The maximum Gasteiger partial charge on any atom is 0.573 e. The minimum atomic E-state index is -4.79. The van der Waals surface area contributed by atoms with Gasteiger partial charge in [-0.25, -0.2) is 9.18 Å². The summed E-state index contributed by atoms with van der Waals surface area (Å²) in [5, 5.41) is 10.5. The average molecular weight is 381 g/mol. The lowest BCUT2D eigenvalue weighted by Crippen LogP contribution is -2.72. The summed E-state index contributed by atoms with van der Waals surface area (Å²) in [6, 6.07) is 3.40. The van der Waals surface area contributed by atoms with E-state index < -0.39 is 42.8 Å². The molecule has 1 aliphatic rings. The van der Waals surface area contributed by atoms with Crippen LogP contribution in [-0.4, -0.2) is 44.2 Å². The molecular formula is C14H19F4N5O3. The number of hydroxylamine groups is 1. The molecule has 0 radical (unpaired) electrons. The Morgan fingerprint density at radius 1 is 1.19 bits per heavy atom. The molecule has 12 heteroatoms. The van der Waals surface area contributed by atoms with Crippen molar-refractivity contribution in [3.63, 3.8) is 0 Å². The van der Waals surface area contributed by atoms with Crippen LogP contribution in [0.1, 0.15) is 6.92 Å². The highest BCUT2D eigenvalue weighted by molar-refractivity contribution is 5.89. The topological polar surface area (TPSA) is 95.7 Å². The van der Waals surface area contributed by atoms with Crippen molar-refractivity contribution in [1.29, 1.82) is 0 Å². The number of ether oxygens (including phenoxy) is 1. The van der Waals surface area contributed by atoms with Gasteiger partial charge >= 0.3 is 12.4 Å². The lowest BCUT2D eigenvalue weighted by Gasteiger charge is -2.38. The first-order valence-electron chi connectivity index (χ1n) is 7.56. The molecule has 1 aliphatic heterocycles. The molecule has 0 saturated carbocycles. The molecule has 8 nitrogen and oxygen atoms in total. The lowest BCUT2D eigenvalue weighted by atomic mass is 10.1. The maximum atomic E-state index is 14.0. The van der Waals surface area contributed by atoms with E-state index in [9.17, 15) is 22.4 Å². The monoisotopic (exact) mass is 381 g/mol. The van der Waals surface area contributed by atoms with Gasteiger partial charge in [-0.1, -0.05) is 0 Å². The summed E-state index contributed by atoms with van der Waals surface area (Å²) >= 11 is 0. The van der Waals surface area contributed by atoms with Crippen LogP contribution in [0, 0.1) is 0 Å². The minimum absolute atomic E-state index is 0.246. The highest BCUT2D eigenvalue weighted by atomic mass is 19.4. The van der Waals surface area contributed by atoms with Crippen molar-refractivity contribution in [3.8, 4) is 5.75 Å². The Morgan fingerprint density at radius 3 is 2.42 bits per heavy atom. The fraction of sp³-hybridized carbons (Fsp3) is 0.500. The standard InChI is InChI=1S/C14H19F4N5O3/c1-7-10(15)11(23-25-2)21-12(19-7)22-13(24)20-8-3-5-9(6-4-8)26-14(16,17)18/h3-7,10-12,19,21,23H,1-2H3,(H2,20,22,24). The van der Waals surface area contributed by atoms with E-state index in [1.54, 1.807) is 6.92 Å². The molecule has 4 atom stereocenters. The second kappa shape index (κ2) is 8.49. The number of urea groups is 1. The summed E-state index contributed by atoms with van der Waals surface area (Å²) in [5.74, 6) is -0.407. The number of hydrogen-bond acceptors (Lipinski definition) is 6. The zero-order valence-electron chi connectivity index (χ0n) is 13.9. The number of nitrogens with one attached hydrogen (secondary N) is 5. The van der Waals surface area contributed by atoms with Crippen molar-refractivity contribution in [1.82, 2.24) is 21.4 Å². The Morgan fingerprint density at radius 2 is 1.85 bits per heavy atom. The third-order valence-electron chi connectivity index (χ3n) is 3.44. The minimum Gasteiger partial charge on any atom is -0.406 e. The van der Waals surface area contributed by atoms with Crippen molar-refractivity contribution in [2.24, 2.45) is 0 Å². The second-order valence-corrected chi connectivity index (χ2v) is 5.47. The number of benzene rings is 1. The van der Waals surface area contributed by atoms with Gasteiger partial charge in [-0.3, -0.25) is 10.6 Å². The molecule has 5 N–H and O–H groups in total. The second-order valence-electron chi connectivity index (χ2n) is 5.47. The van der Waals surface area contributed by atoms with Gasteiger partial charge in [0, 0.05) is 11.7 Å².